The van der Waals surface area contributed by atoms with E-state index >= 15 is 0 Å². The molecular weight excluding hydrogens is 138 g/mol. The van der Waals surface area contributed by atoms with E-state index in [1.165, 1.54) is 0 Å². The molecule has 0 aliphatic carbocycles. The van der Waals surface area contributed by atoms with Gasteiger partial charge in [-0.05, 0) is 25.4 Å². The van der Waals surface area contributed by atoms with Crippen molar-refractivity contribution in [1.29, 1.82) is 5.26 Å². The van der Waals surface area contributed by atoms with Crippen LogP contribution in [0.25, 0.3) is 0 Å². The van der Waals surface area contributed by atoms with Crippen molar-refractivity contribution in [2.24, 2.45) is 0 Å². The third kappa shape index (κ3) is 2.29. The van der Waals surface area contributed by atoms with Gasteiger partial charge in [-0.2, -0.15) is 5.26 Å². The summed E-state index contributed by atoms with van der Waals surface area (Å²) in [6.07, 6.45) is 0. The van der Waals surface area contributed by atoms with E-state index in [4.69, 9.17) is 16.9 Å². The van der Waals surface area contributed by atoms with Gasteiger partial charge in [0.25, 0.3) is 5.24 Å². The van der Waals surface area contributed by atoms with Gasteiger partial charge in [0.2, 0.25) is 0 Å². The van der Waals surface area contributed by atoms with Crippen molar-refractivity contribution in [3.05, 3.63) is 11.1 Å². The minimum absolute atomic E-state index is 0.0386. The monoisotopic (exact) mass is 143 g/mol. The number of hydrogen-bond donors (Lipinski definition) is 0. The molecule has 3 heteroatoms. The summed E-state index contributed by atoms with van der Waals surface area (Å²) in [6, 6.07) is 1.70. The third-order valence-electron chi connectivity index (χ3n) is 0.808. The highest BCUT2D eigenvalue weighted by molar-refractivity contribution is 6.68. The van der Waals surface area contributed by atoms with Gasteiger partial charge in [0.1, 0.15) is 11.6 Å². The van der Waals surface area contributed by atoms with E-state index in [9.17, 15) is 4.79 Å². The minimum Gasteiger partial charge on any atom is -0.275 e. The van der Waals surface area contributed by atoms with Crippen LogP contribution in [0.2, 0.25) is 0 Å². The van der Waals surface area contributed by atoms with E-state index in [1.807, 2.05) is 0 Å². The molecule has 0 spiro atoms. The van der Waals surface area contributed by atoms with Crippen LogP contribution >= 0.6 is 11.6 Å². The highest BCUT2D eigenvalue weighted by Crippen LogP contribution is 2.04. The summed E-state index contributed by atoms with van der Waals surface area (Å²) in [4.78, 5) is 10.3. The van der Waals surface area contributed by atoms with Gasteiger partial charge in [-0.25, -0.2) is 0 Å². The SMILES string of the molecule is CC(C)=C(C#N)C(=O)Cl. The second kappa shape index (κ2) is 3.26. The molecule has 0 fully saturated rings. The van der Waals surface area contributed by atoms with Crippen molar-refractivity contribution >= 4 is 16.8 Å². The summed E-state index contributed by atoms with van der Waals surface area (Å²) in [7, 11) is 0. The van der Waals surface area contributed by atoms with Crippen LogP contribution in [-0.4, -0.2) is 5.24 Å². The Labute approximate surface area is 58.7 Å². The second-order valence-electron chi connectivity index (χ2n) is 1.76. The lowest BCUT2D eigenvalue weighted by atomic mass is 10.2. The third-order valence-corrected chi connectivity index (χ3v) is 0.997. The van der Waals surface area contributed by atoms with Gasteiger partial charge in [-0.1, -0.05) is 5.57 Å². The van der Waals surface area contributed by atoms with Gasteiger partial charge in [0, 0.05) is 0 Å². The molecule has 0 rings (SSSR count). The number of allylic oxidation sites excluding steroid dienone is 2. The Kier molecular flexibility index (Phi) is 2.97. The molecule has 0 aliphatic rings. The van der Waals surface area contributed by atoms with Crippen LogP contribution in [0.1, 0.15) is 13.8 Å². The van der Waals surface area contributed by atoms with Gasteiger partial charge >= 0.3 is 0 Å². The van der Waals surface area contributed by atoms with Crippen molar-refractivity contribution in [3.8, 4) is 6.07 Å². The first kappa shape index (κ1) is 8.19. The number of carbonyl (C=O) groups is 1. The van der Waals surface area contributed by atoms with Gasteiger partial charge in [-0.15, -0.1) is 0 Å². The van der Waals surface area contributed by atoms with E-state index in [0.717, 1.165) is 0 Å². The van der Waals surface area contributed by atoms with Gasteiger partial charge in [-0.3, -0.25) is 4.79 Å². The van der Waals surface area contributed by atoms with Crippen molar-refractivity contribution in [1.82, 2.24) is 0 Å². The second-order valence-corrected chi connectivity index (χ2v) is 2.10. The summed E-state index contributed by atoms with van der Waals surface area (Å²) in [6.45, 7) is 3.33. The zero-order valence-corrected chi connectivity index (χ0v) is 5.99. The maximum absolute atomic E-state index is 10.3. The fourth-order valence-electron chi connectivity index (χ4n) is 0.352. The summed E-state index contributed by atoms with van der Waals surface area (Å²) < 4.78 is 0. The minimum atomic E-state index is -0.683. The number of nitriles is 1. The lowest BCUT2D eigenvalue weighted by Gasteiger charge is -1.89. The van der Waals surface area contributed by atoms with Crippen molar-refractivity contribution in [2.75, 3.05) is 0 Å². The van der Waals surface area contributed by atoms with E-state index in [1.54, 1.807) is 19.9 Å². The van der Waals surface area contributed by atoms with Crippen LogP contribution in [0.5, 0.6) is 0 Å². The molecule has 2 nitrogen and oxygen atoms in total. The van der Waals surface area contributed by atoms with Crippen LogP contribution in [-0.2, 0) is 4.79 Å². The van der Waals surface area contributed by atoms with E-state index in [2.05, 4.69) is 0 Å². The Hall–Kier alpha value is -0.810. The highest BCUT2D eigenvalue weighted by atomic mass is 35.5. The average molecular weight is 144 g/mol. The maximum atomic E-state index is 10.3. The van der Waals surface area contributed by atoms with Crippen LogP contribution in [0.3, 0.4) is 0 Å². The molecule has 0 N–H and O–H groups in total. The van der Waals surface area contributed by atoms with E-state index in [-0.39, 0.29) is 5.57 Å². The molecule has 0 saturated heterocycles. The highest BCUT2D eigenvalue weighted by Gasteiger charge is 2.04. The smallest absolute Gasteiger partial charge is 0.262 e. The zero-order chi connectivity index (χ0) is 7.44. The first-order valence-corrected chi connectivity index (χ1v) is 2.74. The largest absolute Gasteiger partial charge is 0.275 e. The lowest BCUT2D eigenvalue weighted by molar-refractivity contribution is -0.108. The number of nitrogens with zero attached hydrogens (tertiary/aromatic N) is 1. The first-order valence-electron chi connectivity index (χ1n) is 2.37. The maximum Gasteiger partial charge on any atom is 0.262 e. The Bertz CT molecular complexity index is 196. The van der Waals surface area contributed by atoms with Crippen molar-refractivity contribution < 1.29 is 4.79 Å². The molecule has 0 aliphatic heterocycles. The Morgan fingerprint density at radius 3 is 2.00 bits per heavy atom. The molecule has 0 amide bonds. The number of hydrogen-bond acceptors (Lipinski definition) is 2. The summed E-state index contributed by atoms with van der Waals surface area (Å²) in [5.41, 5.74) is 0.689. The Morgan fingerprint density at radius 2 is 2.00 bits per heavy atom. The normalized spacial score (nSPS) is 7.78. The predicted molar refractivity (Wildman–Crippen MR) is 34.8 cm³/mol. The first-order chi connectivity index (χ1) is 4.09. The molecule has 0 atom stereocenters. The quantitative estimate of drug-likeness (QED) is 0.318. The molecule has 0 unspecified atom stereocenters. The number of halogens is 1. The molecule has 0 aromatic rings. The average Bonchev–Trinajstić information content (AvgIpc) is 1.64. The predicted octanol–water partition coefficient (Wildman–Crippen LogP) is 1.61. The van der Waals surface area contributed by atoms with Crippen LogP contribution < -0.4 is 0 Å². The van der Waals surface area contributed by atoms with Crippen LogP contribution in [0, 0.1) is 11.3 Å². The fourth-order valence-corrected chi connectivity index (χ4v) is 0.584. The van der Waals surface area contributed by atoms with E-state index < -0.39 is 5.24 Å². The van der Waals surface area contributed by atoms with E-state index in [0.29, 0.717) is 5.57 Å². The molecule has 0 saturated carbocycles. The number of carbonyl (C=O) groups excluding carboxylic acids is 1. The van der Waals surface area contributed by atoms with Gasteiger partial charge < -0.3 is 0 Å². The number of rotatable bonds is 1. The fraction of sp³-hybridized carbons (Fsp3) is 0.333. The standard InChI is InChI=1S/C6H6ClNO/c1-4(2)5(3-8)6(7)9/h1-2H3. The Balaban J connectivity index is 4.62. The molecule has 0 radical (unpaired) electrons. The Morgan fingerprint density at radius 1 is 1.56 bits per heavy atom. The van der Waals surface area contributed by atoms with Crippen LogP contribution in [0.15, 0.2) is 11.1 Å². The summed E-state index contributed by atoms with van der Waals surface area (Å²) in [5, 5.41) is 7.57. The van der Waals surface area contributed by atoms with Crippen molar-refractivity contribution in [3.63, 3.8) is 0 Å². The lowest BCUT2D eigenvalue weighted by Crippen LogP contribution is -1.91. The summed E-state index contributed by atoms with van der Waals surface area (Å²) in [5.74, 6) is 0. The molecule has 48 valence electrons. The van der Waals surface area contributed by atoms with Gasteiger partial charge in [0.15, 0.2) is 0 Å². The topological polar surface area (TPSA) is 40.9 Å². The molecule has 9 heavy (non-hydrogen) atoms. The van der Waals surface area contributed by atoms with Gasteiger partial charge in [0.05, 0.1) is 0 Å². The molecule has 0 heterocycles. The molecule has 0 aromatic heterocycles. The molecular formula is C6H6ClNO. The summed E-state index contributed by atoms with van der Waals surface area (Å²) >= 11 is 5.02. The van der Waals surface area contributed by atoms with Crippen molar-refractivity contribution in [2.45, 2.75) is 13.8 Å². The molecule has 0 aromatic carbocycles. The van der Waals surface area contributed by atoms with Crippen LogP contribution in [0.4, 0.5) is 0 Å². The zero-order valence-electron chi connectivity index (χ0n) is 5.23. The molecule has 0 bridgehead atoms.